The lowest BCUT2D eigenvalue weighted by Crippen LogP contribution is -2.59. The third-order valence-electron chi connectivity index (χ3n) is 5.96. The second-order valence-corrected chi connectivity index (χ2v) is 6.85. The number of ketones is 1. The lowest BCUT2D eigenvalue weighted by molar-refractivity contribution is -0.241. The largest absolute Gasteiger partial charge is 0.347 e. The third kappa shape index (κ3) is 1.28. The van der Waals surface area contributed by atoms with E-state index < -0.39 is 0 Å². The van der Waals surface area contributed by atoms with Gasteiger partial charge in [0.25, 0.3) is 0 Å². The maximum Gasteiger partial charge on any atom is 0.172 e. The van der Waals surface area contributed by atoms with Gasteiger partial charge in [-0.1, -0.05) is 26.3 Å². The van der Waals surface area contributed by atoms with Gasteiger partial charge in [-0.25, -0.2) is 0 Å². The van der Waals surface area contributed by atoms with Gasteiger partial charge >= 0.3 is 0 Å². The zero-order valence-corrected chi connectivity index (χ0v) is 11.8. The van der Waals surface area contributed by atoms with E-state index in [2.05, 4.69) is 19.9 Å². The Morgan fingerprint density at radius 1 is 1.32 bits per heavy atom. The van der Waals surface area contributed by atoms with Crippen LogP contribution in [0.2, 0.25) is 0 Å². The van der Waals surface area contributed by atoms with Crippen LogP contribution >= 0.6 is 0 Å². The van der Waals surface area contributed by atoms with E-state index in [9.17, 15) is 4.79 Å². The highest BCUT2D eigenvalue weighted by Crippen LogP contribution is 2.72. The molecule has 0 amide bonds. The zero-order valence-electron chi connectivity index (χ0n) is 11.8. The molecule has 0 N–H and O–H groups in total. The van der Waals surface area contributed by atoms with Crippen LogP contribution in [0.15, 0.2) is 11.6 Å². The number of hydrogen-bond donors (Lipinski definition) is 0. The summed E-state index contributed by atoms with van der Waals surface area (Å²) < 4.78 is 12.0. The molecule has 0 aromatic carbocycles. The first-order valence-corrected chi connectivity index (χ1v) is 7.65. The van der Waals surface area contributed by atoms with Crippen LogP contribution in [0.4, 0.5) is 0 Å². The molecule has 3 aliphatic carbocycles. The SMILES string of the molecule is CCCC1=C[C@@H]2[C@@H]3C4(CC[C@@]3(C)[C@H]2C1=O)OCCO4. The summed E-state index contributed by atoms with van der Waals surface area (Å²) in [6.07, 6.45) is 6.27. The van der Waals surface area contributed by atoms with Crippen molar-refractivity contribution in [3.8, 4) is 0 Å². The van der Waals surface area contributed by atoms with E-state index in [0.29, 0.717) is 30.8 Å². The number of carbonyl (C=O) groups excluding carboxylic acids is 1. The lowest BCUT2D eigenvalue weighted by Gasteiger charge is -2.56. The predicted molar refractivity (Wildman–Crippen MR) is 70.4 cm³/mol. The van der Waals surface area contributed by atoms with Crippen molar-refractivity contribution in [2.45, 2.75) is 45.3 Å². The smallest absolute Gasteiger partial charge is 0.172 e. The third-order valence-corrected chi connectivity index (χ3v) is 5.96. The standard InChI is InChI=1S/C16H22O3/c1-3-4-10-9-11-12(13(10)17)15(2)5-6-16(14(11)15)18-7-8-19-16/h9,11-12,14H,3-8H2,1-2H3/t11-,12+,14-,15-/m0/s1. The first kappa shape index (κ1) is 12.1. The van der Waals surface area contributed by atoms with Crippen LogP contribution in [-0.4, -0.2) is 24.8 Å². The van der Waals surface area contributed by atoms with E-state index in [1.54, 1.807) is 0 Å². The summed E-state index contributed by atoms with van der Waals surface area (Å²) in [5.74, 6) is 1.03. The van der Waals surface area contributed by atoms with Crippen LogP contribution in [0.1, 0.15) is 39.5 Å². The first-order chi connectivity index (χ1) is 9.12. The Kier molecular flexibility index (Phi) is 2.36. The molecule has 3 fully saturated rings. The van der Waals surface area contributed by atoms with Crippen LogP contribution in [0.5, 0.6) is 0 Å². The van der Waals surface area contributed by atoms with Gasteiger partial charge in [-0.05, 0) is 29.7 Å². The molecular formula is C16H22O3. The Balaban J connectivity index is 1.68. The van der Waals surface area contributed by atoms with Gasteiger partial charge in [0.2, 0.25) is 0 Å². The van der Waals surface area contributed by atoms with Crippen molar-refractivity contribution >= 4 is 5.78 Å². The summed E-state index contributed by atoms with van der Waals surface area (Å²) >= 11 is 0. The van der Waals surface area contributed by atoms with Crippen LogP contribution in [-0.2, 0) is 14.3 Å². The van der Waals surface area contributed by atoms with Gasteiger partial charge in [-0.3, -0.25) is 4.79 Å². The Hall–Kier alpha value is -0.670. The molecule has 0 aromatic heterocycles. The Labute approximate surface area is 114 Å². The predicted octanol–water partition coefficient (Wildman–Crippen LogP) is 2.70. The number of ether oxygens (including phenoxy) is 2. The molecule has 0 bridgehead atoms. The molecule has 1 saturated heterocycles. The second-order valence-electron chi connectivity index (χ2n) is 6.85. The molecule has 3 nitrogen and oxygen atoms in total. The number of carbonyl (C=O) groups is 1. The average Bonchev–Trinajstić information content (AvgIpc) is 2.99. The highest BCUT2D eigenvalue weighted by atomic mass is 16.7. The molecule has 19 heavy (non-hydrogen) atoms. The molecule has 0 aromatic rings. The number of Topliss-reactive ketones (excluding diaryl/α,β-unsaturated/α-hetero) is 1. The maximum atomic E-state index is 12.6. The highest BCUT2D eigenvalue weighted by Gasteiger charge is 2.74. The molecule has 0 radical (unpaired) electrons. The normalized spacial score (nSPS) is 46.1. The first-order valence-electron chi connectivity index (χ1n) is 7.65. The van der Waals surface area contributed by atoms with E-state index in [0.717, 1.165) is 31.3 Å². The monoisotopic (exact) mass is 262 g/mol. The van der Waals surface area contributed by atoms with Crippen molar-refractivity contribution in [3.63, 3.8) is 0 Å². The van der Waals surface area contributed by atoms with Crippen molar-refractivity contribution < 1.29 is 14.3 Å². The molecule has 1 heterocycles. The average molecular weight is 262 g/mol. The maximum absolute atomic E-state index is 12.6. The minimum Gasteiger partial charge on any atom is -0.347 e. The number of rotatable bonds is 2. The van der Waals surface area contributed by atoms with Crippen molar-refractivity contribution in [1.29, 1.82) is 0 Å². The molecule has 4 atom stereocenters. The van der Waals surface area contributed by atoms with E-state index in [-0.39, 0.29) is 17.1 Å². The molecular weight excluding hydrogens is 240 g/mol. The molecule has 104 valence electrons. The van der Waals surface area contributed by atoms with Crippen LogP contribution < -0.4 is 0 Å². The summed E-state index contributed by atoms with van der Waals surface area (Å²) in [6, 6.07) is 0. The van der Waals surface area contributed by atoms with Crippen molar-refractivity contribution in [3.05, 3.63) is 11.6 Å². The summed E-state index contributed by atoms with van der Waals surface area (Å²) in [7, 11) is 0. The van der Waals surface area contributed by atoms with Gasteiger partial charge < -0.3 is 9.47 Å². The molecule has 0 unspecified atom stereocenters. The Morgan fingerprint density at radius 2 is 2.05 bits per heavy atom. The van der Waals surface area contributed by atoms with E-state index in [1.165, 1.54) is 0 Å². The summed E-state index contributed by atoms with van der Waals surface area (Å²) in [4.78, 5) is 12.6. The van der Waals surface area contributed by atoms with Gasteiger partial charge in [-0.15, -0.1) is 0 Å². The lowest BCUT2D eigenvalue weighted by atomic mass is 9.48. The van der Waals surface area contributed by atoms with Gasteiger partial charge in [0.05, 0.1) is 13.2 Å². The van der Waals surface area contributed by atoms with Gasteiger partial charge in [0, 0.05) is 18.3 Å². The number of hydrogen-bond acceptors (Lipinski definition) is 3. The van der Waals surface area contributed by atoms with E-state index >= 15 is 0 Å². The van der Waals surface area contributed by atoms with Gasteiger partial charge in [0.15, 0.2) is 11.6 Å². The van der Waals surface area contributed by atoms with Crippen LogP contribution in [0, 0.1) is 23.2 Å². The molecule has 1 aliphatic heterocycles. The Bertz CT molecular complexity index is 461. The second kappa shape index (κ2) is 3.70. The number of allylic oxidation sites excluding steroid dienone is 2. The Morgan fingerprint density at radius 3 is 2.74 bits per heavy atom. The van der Waals surface area contributed by atoms with Crippen molar-refractivity contribution in [2.24, 2.45) is 23.2 Å². The summed E-state index contributed by atoms with van der Waals surface area (Å²) in [5, 5.41) is 0. The minimum atomic E-state index is -0.367. The summed E-state index contributed by atoms with van der Waals surface area (Å²) in [5.41, 5.74) is 1.18. The topological polar surface area (TPSA) is 35.5 Å². The van der Waals surface area contributed by atoms with Crippen LogP contribution in [0.3, 0.4) is 0 Å². The van der Waals surface area contributed by atoms with E-state index in [4.69, 9.17) is 9.47 Å². The fourth-order valence-electron chi connectivity index (χ4n) is 5.30. The molecule has 3 heteroatoms. The molecule has 2 saturated carbocycles. The number of fused-ring (bicyclic) bond motifs is 5. The van der Waals surface area contributed by atoms with Gasteiger partial charge in [-0.2, -0.15) is 0 Å². The summed E-state index contributed by atoms with van der Waals surface area (Å²) in [6.45, 7) is 5.84. The quantitative estimate of drug-likeness (QED) is 0.767. The fourth-order valence-corrected chi connectivity index (χ4v) is 5.30. The van der Waals surface area contributed by atoms with E-state index in [1.807, 2.05) is 0 Å². The minimum absolute atomic E-state index is 0.109. The van der Waals surface area contributed by atoms with Gasteiger partial charge in [0.1, 0.15) is 0 Å². The van der Waals surface area contributed by atoms with Crippen LogP contribution in [0.25, 0.3) is 0 Å². The zero-order chi connectivity index (χ0) is 13.3. The molecule has 4 rings (SSSR count). The molecule has 4 aliphatic rings. The fraction of sp³-hybridized carbons (Fsp3) is 0.812. The highest BCUT2D eigenvalue weighted by molar-refractivity contribution is 6.01. The van der Waals surface area contributed by atoms with Crippen molar-refractivity contribution in [2.75, 3.05) is 13.2 Å². The molecule has 1 spiro atoms. The van der Waals surface area contributed by atoms with Crippen molar-refractivity contribution in [1.82, 2.24) is 0 Å².